The van der Waals surface area contributed by atoms with E-state index in [4.69, 9.17) is 5.14 Å². The van der Waals surface area contributed by atoms with E-state index in [0.717, 1.165) is 24.2 Å². The summed E-state index contributed by atoms with van der Waals surface area (Å²) in [4.78, 5) is 13.1. The molecule has 19 heavy (non-hydrogen) atoms. The summed E-state index contributed by atoms with van der Waals surface area (Å²) in [5.41, 5.74) is -0.253. The first-order valence-electron chi connectivity index (χ1n) is 6.07. The molecule has 1 saturated carbocycles. The van der Waals surface area contributed by atoms with Crippen molar-refractivity contribution in [3.63, 3.8) is 0 Å². The number of sulfonamides is 1. The molecule has 2 rings (SSSR count). The number of hydrogen-bond acceptors (Lipinski definition) is 4. The predicted molar refractivity (Wildman–Crippen MR) is 74.7 cm³/mol. The summed E-state index contributed by atoms with van der Waals surface area (Å²) < 4.78 is 22.7. The second-order valence-corrected chi connectivity index (χ2v) is 8.31. The second-order valence-electron chi connectivity index (χ2n) is 5.53. The molecule has 0 aliphatic heterocycles. The Kier molecular flexibility index (Phi) is 3.49. The smallest absolute Gasteiger partial charge is 0.261 e. The van der Waals surface area contributed by atoms with E-state index in [-0.39, 0.29) is 16.3 Å². The van der Waals surface area contributed by atoms with E-state index in [2.05, 4.69) is 5.32 Å². The van der Waals surface area contributed by atoms with Crippen molar-refractivity contribution in [2.45, 2.75) is 44.0 Å². The molecule has 1 aromatic rings. The number of hydrogen-bond donors (Lipinski definition) is 2. The van der Waals surface area contributed by atoms with Crippen molar-refractivity contribution in [2.75, 3.05) is 0 Å². The van der Waals surface area contributed by atoms with Gasteiger partial charge < -0.3 is 5.32 Å². The van der Waals surface area contributed by atoms with Gasteiger partial charge in [0, 0.05) is 10.4 Å². The molecule has 1 amide bonds. The first-order valence-corrected chi connectivity index (χ1v) is 8.43. The molecule has 3 N–H and O–H groups in total. The molecular weight excluding hydrogens is 284 g/mol. The van der Waals surface area contributed by atoms with Crippen LogP contribution in [-0.2, 0) is 10.0 Å². The van der Waals surface area contributed by atoms with Crippen LogP contribution in [0, 0.1) is 12.8 Å². The number of carbonyl (C=O) groups is 1. The monoisotopic (exact) mass is 302 g/mol. The van der Waals surface area contributed by atoms with Crippen molar-refractivity contribution in [3.8, 4) is 0 Å². The van der Waals surface area contributed by atoms with Gasteiger partial charge in [0.25, 0.3) is 5.91 Å². The number of nitrogens with two attached hydrogens (primary N) is 1. The van der Waals surface area contributed by atoms with Crippen molar-refractivity contribution in [1.82, 2.24) is 5.32 Å². The fourth-order valence-corrected chi connectivity index (χ4v) is 4.16. The van der Waals surface area contributed by atoms with Crippen LogP contribution < -0.4 is 10.5 Å². The van der Waals surface area contributed by atoms with Gasteiger partial charge in [-0.25, -0.2) is 13.6 Å². The number of thiophene rings is 1. The van der Waals surface area contributed by atoms with Gasteiger partial charge in [0.15, 0.2) is 0 Å². The highest BCUT2D eigenvalue weighted by Crippen LogP contribution is 2.39. The van der Waals surface area contributed by atoms with E-state index in [1.54, 1.807) is 6.92 Å². The summed E-state index contributed by atoms with van der Waals surface area (Å²) in [5.74, 6) is 0.273. The molecule has 1 fully saturated rings. The summed E-state index contributed by atoms with van der Waals surface area (Å²) in [6.07, 6.45) is 2.25. The highest BCUT2D eigenvalue weighted by atomic mass is 32.2. The largest absolute Gasteiger partial charge is 0.346 e. The van der Waals surface area contributed by atoms with Gasteiger partial charge in [-0.05, 0) is 45.6 Å². The maximum atomic E-state index is 12.1. The number of aryl methyl sites for hydroxylation is 1. The van der Waals surface area contributed by atoms with E-state index in [1.807, 2.05) is 13.8 Å². The molecule has 106 valence electrons. The lowest BCUT2D eigenvalue weighted by molar-refractivity contribution is 0.0907. The molecule has 0 atom stereocenters. The molecule has 1 aliphatic carbocycles. The number of rotatable bonds is 4. The summed E-state index contributed by atoms with van der Waals surface area (Å²) in [7, 11) is -3.76. The van der Waals surface area contributed by atoms with Crippen LogP contribution in [0.3, 0.4) is 0 Å². The predicted octanol–water partition coefficient (Wildman–Crippen LogP) is 1.62. The van der Waals surface area contributed by atoms with Crippen molar-refractivity contribution < 1.29 is 13.2 Å². The summed E-state index contributed by atoms with van der Waals surface area (Å²) in [6.45, 7) is 5.63. The van der Waals surface area contributed by atoms with E-state index in [0.29, 0.717) is 15.7 Å². The van der Waals surface area contributed by atoms with E-state index >= 15 is 0 Å². The Hall–Kier alpha value is -0.920. The van der Waals surface area contributed by atoms with Gasteiger partial charge in [0.1, 0.15) is 0 Å². The molecule has 7 heteroatoms. The molecule has 0 unspecified atom stereocenters. The van der Waals surface area contributed by atoms with E-state index < -0.39 is 10.0 Å². The van der Waals surface area contributed by atoms with Crippen molar-refractivity contribution >= 4 is 27.3 Å². The fourth-order valence-electron chi connectivity index (χ4n) is 2.12. The maximum absolute atomic E-state index is 12.1. The first-order chi connectivity index (χ1) is 8.61. The zero-order valence-electron chi connectivity index (χ0n) is 11.2. The standard InChI is InChI=1S/C12H18N2O3S2/c1-7-10(19(13,16)17)6-9(18-7)11(15)14-12(2,3)8-4-5-8/h6,8H,4-5H2,1-3H3,(H,14,15)(H2,13,16,17). The molecule has 1 aromatic heterocycles. The molecule has 1 aliphatic rings. The van der Waals surface area contributed by atoms with Gasteiger partial charge in [-0.1, -0.05) is 0 Å². The lowest BCUT2D eigenvalue weighted by Crippen LogP contribution is -2.44. The Labute approximate surface area is 117 Å². The van der Waals surface area contributed by atoms with Crippen LogP contribution in [0.4, 0.5) is 0 Å². The minimum Gasteiger partial charge on any atom is -0.346 e. The Morgan fingerprint density at radius 2 is 2.05 bits per heavy atom. The molecule has 0 aromatic carbocycles. The Balaban J connectivity index is 2.21. The number of primary sulfonamides is 1. The molecular formula is C12H18N2O3S2. The van der Waals surface area contributed by atoms with Gasteiger partial charge in [0.05, 0.1) is 9.77 Å². The van der Waals surface area contributed by atoms with Crippen LogP contribution in [-0.4, -0.2) is 19.9 Å². The molecule has 5 nitrogen and oxygen atoms in total. The lowest BCUT2D eigenvalue weighted by atomic mass is 9.99. The molecule has 1 heterocycles. The number of amides is 1. The van der Waals surface area contributed by atoms with Gasteiger partial charge in [-0.3, -0.25) is 4.79 Å². The minimum absolute atomic E-state index is 0.0341. The number of carbonyl (C=O) groups excluding carboxylic acids is 1. The van der Waals surface area contributed by atoms with Crippen LogP contribution in [0.25, 0.3) is 0 Å². The Morgan fingerprint density at radius 3 is 2.47 bits per heavy atom. The average Bonchev–Trinajstić information content (AvgIpc) is 3.00. The third-order valence-electron chi connectivity index (χ3n) is 3.44. The van der Waals surface area contributed by atoms with Gasteiger partial charge >= 0.3 is 0 Å². The summed E-state index contributed by atoms with van der Waals surface area (Å²) >= 11 is 1.15. The van der Waals surface area contributed by atoms with Crippen LogP contribution in [0.15, 0.2) is 11.0 Å². The first kappa shape index (κ1) is 14.5. The fraction of sp³-hybridized carbons (Fsp3) is 0.583. The molecule has 0 bridgehead atoms. The van der Waals surface area contributed by atoms with Crippen molar-refractivity contribution in [3.05, 3.63) is 15.8 Å². The second kappa shape index (κ2) is 4.57. The third-order valence-corrected chi connectivity index (χ3v) is 5.65. The van der Waals surface area contributed by atoms with Crippen LogP contribution in [0.2, 0.25) is 0 Å². The quantitative estimate of drug-likeness (QED) is 0.885. The van der Waals surface area contributed by atoms with Crippen LogP contribution in [0.5, 0.6) is 0 Å². The summed E-state index contributed by atoms with van der Waals surface area (Å²) in [5, 5.41) is 8.07. The van der Waals surface area contributed by atoms with E-state index in [9.17, 15) is 13.2 Å². The summed E-state index contributed by atoms with van der Waals surface area (Å²) in [6, 6.07) is 1.35. The van der Waals surface area contributed by atoms with Crippen molar-refractivity contribution in [1.29, 1.82) is 0 Å². The van der Waals surface area contributed by atoms with Gasteiger partial charge in [-0.2, -0.15) is 0 Å². The molecule has 0 spiro atoms. The zero-order chi connectivity index (χ0) is 14.4. The number of nitrogens with one attached hydrogen (secondary N) is 1. The van der Waals surface area contributed by atoms with Crippen LogP contribution in [0.1, 0.15) is 41.2 Å². The van der Waals surface area contributed by atoms with Crippen molar-refractivity contribution in [2.24, 2.45) is 11.1 Å². The lowest BCUT2D eigenvalue weighted by Gasteiger charge is -2.25. The minimum atomic E-state index is -3.76. The zero-order valence-corrected chi connectivity index (χ0v) is 12.8. The average molecular weight is 302 g/mol. The molecule has 0 saturated heterocycles. The normalized spacial score (nSPS) is 16.4. The van der Waals surface area contributed by atoms with Gasteiger partial charge in [0.2, 0.25) is 10.0 Å². The maximum Gasteiger partial charge on any atom is 0.261 e. The molecule has 0 radical (unpaired) electrons. The highest BCUT2D eigenvalue weighted by molar-refractivity contribution is 7.89. The SMILES string of the molecule is Cc1sc(C(=O)NC(C)(C)C2CC2)cc1S(N)(=O)=O. The highest BCUT2D eigenvalue weighted by Gasteiger charge is 2.39. The third kappa shape index (κ3) is 3.16. The van der Waals surface area contributed by atoms with Gasteiger partial charge in [-0.15, -0.1) is 11.3 Å². The van der Waals surface area contributed by atoms with E-state index in [1.165, 1.54) is 6.07 Å². The Bertz CT molecular complexity index is 613. The Morgan fingerprint density at radius 1 is 1.47 bits per heavy atom. The topological polar surface area (TPSA) is 89.3 Å². The van der Waals surface area contributed by atoms with Crippen LogP contribution >= 0.6 is 11.3 Å².